The molecule has 0 amide bonds. The number of rotatable bonds is 8. The van der Waals surface area contributed by atoms with Crippen LogP contribution in [0.25, 0.3) is 11.3 Å². The van der Waals surface area contributed by atoms with Crippen LogP contribution in [0, 0.1) is 13.8 Å². The molecule has 1 aromatic heterocycles. The highest BCUT2D eigenvalue weighted by atomic mass is 16.5. The predicted molar refractivity (Wildman–Crippen MR) is 131 cm³/mol. The zero-order valence-electron chi connectivity index (χ0n) is 19.4. The summed E-state index contributed by atoms with van der Waals surface area (Å²) in [6.45, 7) is 6.88. The van der Waals surface area contributed by atoms with E-state index in [9.17, 15) is 5.11 Å². The molecule has 4 aromatic rings. The van der Waals surface area contributed by atoms with Gasteiger partial charge in [-0.1, -0.05) is 35.9 Å². The van der Waals surface area contributed by atoms with Crippen molar-refractivity contribution in [1.82, 2.24) is 9.97 Å². The lowest BCUT2D eigenvalue weighted by atomic mass is 10.1. The molecule has 0 unspecified atom stereocenters. The quantitative estimate of drug-likeness (QED) is 0.344. The van der Waals surface area contributed by atoms with Crippen LogP contribution in [0.4, 0.5) is 5.95 Å². The van der Waals surface area contributed by atoms with Crippen molar-refractivity contribution in [3.05, 3.63) is 83.6 Å². The number of nitrogens with zero attached hydrogens (tertiary/aromatic N) is 2. The summed E-state index contributed by atoms with van der Waals surface area (Å²) in [4.78, 5) is 8.38. The van der Waals surface area contributed by atoms with Gasteiger partial charge in [-0.2, -0.15) is 0 Å². The number of phenolic OH excluding ortho intramolecular Hbond substituents is 1. The molecule has 0 bridgehead atoms. The van der Waals surface area contributed by atoms with Crippen molar-refractivity contribution < 1.29 is 19.3 Å². The molecule has 174 valence electrons. The number of para-hydroxylation sites is 2. The van der Waals surface area contributed by atoms with Gasteiger partial charge >= 0.3 is 0 Å². The van der Waals surface area contributed by atoms with Crippen molar-refractivity contribution >= 4 is 5.95 Å². The summed E-state index contributed by atoms with van der Waals surface area (Å²) >= 11 is 0. The standard InChI is InChI=1S/C27H27N3O4/c1-4-32-23-7-5-6-8-24(23)34-25-15-29-27(28)30-26(25)21-12-11-20(14-22(21)31)33-16-19-13-17(2)9-10-18(19)3/h5-15,31H,4,16H2,1-3H3,(H2,28,29,30). The Hall–Kier alpha value is -4.26. The van der Waals surface area contributed by atoms with E-state index >= 15 is 0 Å². The fourth-order valence-electron chi connectivity index (χ4n) is 3.50. The highest BCUT2D eigenvalue weighted by molar-refractivity contribution is 5.74. The van der Waals surface area contributed by atoms with Gasteiger partial charge in [0.05, 0.1) is 12.8 Å². The fourth-order valence-corrected chi connectivity index (χ4v) is 3.50. The maximum absolute atomic E-state index is 10.8. The van der Waals surface area contributed by atoms with Crippen LogP contribution >= 0.6 is 0 Å². The number of aromatic hydroxyl groups is 1. The molecule has 0 fully saturated rings. The van der Waals surface area contributed by atoms with Gasteiger partial charge < -0.3 is 25.1 Å². The van der Waals surface area contributed by atoms with Crippen molar-refractivity contribution in [2.24, 2.45) is 0 Å². The van der Waals surface area contributed by atoms with Crippen LogP contribution in [0.5, 0.6) is 28.7 Å². The Kier molecular flexibility index (Phi) is 6.82. The zero-order chi connectivity index (χ0) is 24.1. The van der Waals surface area contributed by atoms with E-state index in [4.69, 9.17) is 19.9 Å². The van der Waals surface area contributed by atoms with Crippen LogP contribution in [0.15, 0.2) is 66.9 Å². The van der Waals surface area contributed by atoms with Gasteiger partial charge in [0.15, 0.2) is 17.2 Å². The first-order valence-electron chi connectivity index (χ1n) is 11.0. The summed E-state index contributed by atoms with van der Waals surface area (Å²) in [5.41, 5.74) is 10.1. The maximum Gasteiger partial charge on any atom is 0.220 e. The fraction of sp³-hybridized carbons (Fsp3) is 0.185. The summed E-state index contributed by atoms with van der Waals surface area (Å²) in [6, 6.07) is 18.6. The summed E-state index contributed by atoms with van der Waals surface area (Å²) in [5.74, 6) is 2.02. The number of benzene rings is 3. The number of phenols is 1. The minimum absolute atomic E-state index is 0.0143. The third-order valence-corrected chi connectivity index (χ3v) is 5.27. The number of aromatic nitrogens is 2. The number of hydrogen-bond acceptors (Lipinski definition) is 7. The summed E-state index contributed by atoms with van der Waals surface area (Å²) in [6.07, 6.45) is 1.48. The Morgan fingerprint density at radius 2 is 1.71 bits per heavy atom. The highest BCUT2D eigenvalue weighted by Gasteiger charge is 2.17. The number of nitrogen functional groups attached to an aromatic ring is 1. The molecule has 3 N–H and O–H groups in total. The largest absolute Gasteiger partial charge is 0.507 e. The molecule has 0 radical (unpaired) electrons. The van der Waals surface area contributed by atoms with E-state index in [2.05, 4.69) is 28.2 Å². The summed E-state index contributed by atoms with van der Waals surface area (Å²) in [5, 5.41) is 10.8. The van der Waals surface area contributed by atoms with Gasteiger partial charge in [0.25, 0.3) is 0 Å². The maximum atomic E-state index is 10.8. The molecular weight excluding hydrogens is 430 g/mol. The van der Waals surface area contributed by atoms with E-state index in [-0.39, 0.29) is 11.7 Å². The lowest BCUT2D eigenvalue weighted by molar-refractivity contribution is 0.303. The van der Waals surface area contributed by atoms with Crippen LogP contribution in [0.2, 0.25) is 0 Å². The number of ether oxygens (including phenoxy) is 3. The lowest BCUT2D eigenvalue weighted by Gasteiger charge is -2.15. The Bertz CT molecular complexity index is 1310. The minimum atomic E-state index is -0.0143. The highest BCUT2D eigenvalue weighted by Crippen LogP contribution is 2.40. The van der Waals surface area contributed by atoms with Gasteiger partial charge in [0.2, 0.25) is 5.95 Å². The summed E-state index contributed by atoms with van der Waals surface area (Å²) < 4.78 is 17.6. The van der Waals surface area contributed by atoms with Crippen molar-refractivity contribution in [1.29, 1.82) is 0 Å². The molecule has 4 rings (SSSR count). The van der Waals surface area contributed by atoms with Crippen LogP contribution in [0.3, 0.4) is 0 Å². The van der Waals surface area contributed by atoms with Gasteiger partial charge in [-0.15, -0.1) is 0 Å². The first-order valence-corrected chi connectivity index (χ1v) is 11.0. The van der Waals surface area contributed by atoms with E-state index in [1.165, 1.54) is 11.8 Å². The van der Waals surface area contributed by atoms with Gasteiger partial charge in [-0.25, -0.2) is 9.97 Å². The van der Waals surface area contributed by atoms with Crippen molar-refractivity contribution in [2.45, 2.75) is 27.4 Å². The normalized spacial score (nSPS) is 10.7. The topological polar surface area (TPSA) is 99.7 Å². The SMILES string of the molecule is CCOc1ccccc1Oc1cnc(N)nc1-c1ccc(OCc2cc(C)ccc2C)cc1O. The van der Waals surface area contributed by atoms with E-state index in [0.717, 1.165) is 11.1 Å². The average molecular weight is 458 g/mol. The second-order valence-corrected chi connectivity index (χ2v) is 7.82. The molecule has 0 spiro atoms. The minimum Gasteiger partial charge on any atom is -0.507 e. The lowest BCUT2D eigenvalue weighted by Crippen LogP contribution is -2.01. The smallest absolute Gasteiger partial charge is 0.220 e. The third-order valence-electron chi connectivity index (χ3n) is 5.27. The average Bonchev–Trinajstić information content (AvgIpc) is 2.82. The van der Waals surface area contributed by atoms with E-state index in [1.807, 2.05) is 39.0 Å². The molecule has 0 aliphatic rings. The van der Waals surface area contributed by atoms with Gasteiger partial charge in [-0.3, -0.25) is 0 Å². The monoisotopic (exact) mass is 457 g/mol. The molecule has 3 aromatic carbocycles. The van der Waals surface area contributed by atoms with Gasteiger partial charge in [-0.05, 0) is 56.2 Å². The second-order valence-electron chi connectivity index (χ2n) is 7.82. The zero-order valence-corrected chi connectivity index (χ0v) is 19.4. The Morgan fingerprint density at radius 3 is 2.47 bits per heavy atom. The molecular formula is C27H27N3O4. The number of aryl methyl sites for hydroxylation is 2. The third kappa shape index (κ3) is 5.20. The Morgan fingerprint density at radius 1 is 0.912 bits per heavy atom. The van der Waals surface area contributed by atoms with E-state index < -0.39 is 0 Å². The molecule has 1 heterocycles. The van der Waals surface area contributed by atoms with Crippen LogP contribution in [-0.4, -0.2) is 21.7 Å². The van der Waals surface area contributed by atoms with Gasteiger partial charge in [0, 0.05) is 11.6 Å². The first-order chi connectivity index (χ1) is 16.4. The molecule has 0 saturated heterocycles. The van der Waals surface area contributed by atoms with Crippen molar-refractivity contribution in [2.75, 3.05) is 12.3 Å². The van der Waals surface area contributed by atoms with Crippen molar-refractivity contribution in [3.63, 3.8) is 0 Å². The molecule has 7 nitrogen and oxygen atoms in total. The number of anilines is 1. The Labute approximate surface area is 198 Å². The summed E-state index contributed by atoms with van der Waals surface area (Å²) in [7, 11) is 0. The number of hydrogen-bond donors (Lipinski definition) is 2. The number of nitrogens with two attached hydrogens (primary N) is 1. The van der Waals surface area contributed by atoms with Crippen LogP contribution in [-0.2, 0) is 6.61 Å². The van der Waals surface area contributed by atoms with E-state index in [1.54, 1.807) is 24.3 Å². The molecule has 34 heavy (non-hydrogen) atoms. The molecule has 0 aliphatic heterocycles. The molecule has 0 saturated carbocycles. The second kappa shape index (κ2) is 10.1. The van der Waals surface area contributed by atoms with Crippen LogP contribution < -0.4 is 19.9 Å². The molecule has 0 aliphatic carbocycles. The van der Waals surface area contributed by atoms with Gasteiger partial charge in [0.1, 0.15) is 23.8 Å². The molecule has 0 atom stereocenters. The van der Waals surface area contributed by atoms with Crippen LogP contribution in [0.1, 0.15) is 23.6 Å². The molecule has 7 heteroatoms. The predicted octanol–water partition coefficient (Wildman–Crippen LogP) is 5.82. The first kappa shape index (κ1) is 22.9. The Balaban J connectivity index is 1.61. The van der Waals surface area contributed by atoms with Crippen molar-refractivity contribution in [3.8, 4) is 40.0 Å². The van der Waals surface area contributed by atoms with E-state index in [0.29, 0.717) is 47.5 Å².